The van der Waals surface area contributed by atoms with Crippen LogP contribution in [0.4, 0.5) is 24.5 Å². The number of pyridine rings is 1. The Morgan fingerprint density at radius 1 is 1.23 bits per heavy atom. The van der Waals surface area contributed by atoms with E-state index in [2.05, 4.69) is 20.0 Å². The van der Waals surface area contributed by atoms with Crippen molar-refractivity contribution in [3.8, 4) is 17.0 Å². The molecule has 4 atom stereocenters. The van der Waals surface area contributed by atoms with Gasteiger partial charge in [-0.1, -0.05) is 24.6 Å². The first-order valence-corrected chi connectivity index (χ1v) is 15.0. The van der Waals surface area contributed by atoms with Crippen LogP contribution in [0.15, 0.2) is 58.5 Å². The standard InChI is InChI=1S/C28H25ClF3N5O5S/c1-14(25(38)35-23-10-28(23,31)32)12-37-13-34-20-5-3-15(7-18(20)24-27(37)42-24)16-8-21(26(41-2)33-11-16)36-43(39,40)22-6-4-17(30)9-19(22)29/h3-9,11,13-14,23-24,27,36H,10,12H2,1-2H3,(H,35,38)/t14-,23+,24?,27?/m0/s1. The van der Waals surface area contributed by atoms with Gasteiger partial charge < -0.3 is 19.7 Å². The average Bonchev–Trinajstić information content (AvgIpc) is 3.86. The molecule has 3 heterocycles. The summed E-state index contributed by atoms with van der Waals surface area (Å²) in [6.45, 7) is 1.88. The number of methoxy groups -OCH3 is 1. The van der Waals surface area contributed by atoms with Gasteiger partial charge in [-0.15, -0.1) is 0 Å². The third kappa shape index (κ3) is 5.86. The summed E-state index contributed by atoms with van der Waals surface area (Å²) in [6.07, 6.45) is 2.00. The van der Waals surface area contributed by atoms with E-state index in [1.807, 2.05) is 6.07 Å². The summed E-state index contributed by atoms with van der Waals surface area (Å²) in [5.74, 6) is -4.55. The van der Waals surface area contributed by atoms with Crippen molar-refractivity contribution in [2.24, 2.45) is 10.9 Å². The number of anilines is 1. The van der Waals surface area contributed by atoms with Crippen LogP contribution >= 0.6 is 11.6 Å². The summed E-state index contributed by atoms with van der Waals surface area (Å²) in [5.41, 5.74) is 2.69. The third-order valence-electron chi connectivity index (χ3n) is 7.35. The van der Waals surface area contributed by atoms with Gasteiger partial charge in [0, 0.05) is 30.3 Å². The third-order valence-corrected chi connectivity index (χ3v) is 9.20. The lowest BCUT2D eigenvalue weighted by Crippen LogP contribution is -2.40. The Kier molecular flexibility index (Phi) is 7.26. The Hall–Kier alpha value is -3.88. The van der Waals surface area contributed by atoms with Crippen molar-refractivity contribution in [1.82, 2.24) is 15.2 Å². The topological polar surface area (TPSA) is 126 Å². The van der Waals surface area contributed by atoms with Gasteiger partial charge in [0.05, 0.1) is 36.1 Å². The number of sulfonamides is 1. The second-order valence-electron chi connectivity index (χ2n) is 10.6. The molecule has 2 unspecified atom stereocenters. The SMILES string of the molecule is COc1ncc(-c2ccc3c(c2)C2OC2N(C[C@H](C)C(=O)N[C@@H]2CC2(F)F)C=N3)cc1NS(=O)(=O)c1ccc(F)cc1Cl. The van der Waals surface area contributed by atoms with Crippen LogP contribution in [0.3, 0.4) is 0 Å². The van der Waals surface area contributed by atoms with Crippen LogP contribution in [0.2, 0.25) is 5.02 Å². The summed E-state index contributed by atoms with van der Waals surface area (Å²) >= 11 is 5.99. The lowest BCUT2D eigenvalue weighted by atomic mass is 10.0. The zero-order chi connectivity index (χ0) is 30.7. The van der Waals surface area contributed by atoms with E-state index in [-0.39, 0.29) is 40.6 Å². The number of epoxide rings is 1. The van der Waals surface area contributed by atoms with Gasteiger partial charge in [-0.2, -0.15) is 0 Å². The molecule has 2 N–H and O–H groups in total. The van der Waals surface area contributed by atoms with Crippen LogP contribution in [0.1, 0.15) is 25.0 Å². The van der Waals surface area contributed by atoms with Crippen LogP contribution in [-0.4, -0.2) is 62.4 Å². The van der Waals surface area contributed by atoms with Crippen molar-refractivity contribution in [1.29, 1.82) is 0 Å². The largest absolute Gasteiger partial charge is 0.480 e. The maximum atomic E-state index is 13.5. The highest BCUT2D eigenvalue weighted by atomic mass is 35.5. The molecule has 10 nitrogen and oxygen atoms in total. The fourth-order valence-corrected chi connectivity index (χ4v) is 6.42. The molecule has 0 bridgehead atoms. The quantitative estimate of drug-likeness (QED) is 0.321. The second kappa shape index (κ2) is 10.7. The predicted molar refractivity (Wildman–Crippen MR) is 152 cm³/mol. The highest BCUT2D eigenvalue weighted by Crippen LogP contribution is 2.48. The van der Waals surface area contributed by atoms with E-state index in [0.717, 1.165) is 23.8 Å². The first kappa shape index (κ1) is 29.2. The molecule has 6 rings (SSSR count). The minimum atomic E-state index is -4.22. The number of nitrogens with zero attached hydrogens (tertiary/aromatic N) is 3. The molecule has 226 valence electrons. The number of carbonyl (C=O) groups is 1. The van der Waals surface area contributed by atoms with E-state index in [9.17, 15) is 26.4 Å². The van der Waals surface area contributed by atoms with Crippen molar-refractivity contribution in [3.05, 3.63) is 65.1 Å². The van der Waals surface area contributed by atoms with Gasteiger partial charge in [0.1, 0.15) is 22.5 Å². The molecule has 43 heavy (non-hydrogen) atoms. The highest BCUT2D eigenvalue weighted by molar-refractivity contribution is 7.92. The Balaban J connectivity index is 1.20. The van der Waals surface area contributed by atoms with Crippen molar-refractivity contribution < 1.29 is 35.9 Å². The number of aromatic nitrogens is 1. The Bertz CT molecular complexity index is 1760. The van der Waals surface area contributed by atoms with Gasteiger partial charge in [-0.25, -0.2) is 31.6 Å². The van der Waals surface area contributed by atoms with Crippen LogP contribution in [0.5, 0.6) is 5.88 Å². The molecule has 1 aliphatic carbocycles. The maximum Gasteiger partial charge on any atom is 0.270 e. The van der Waals surface area contributed by atoms with Crippen LogP contribution in [-0.2, 0) is 19.6 Å². The first-order chi connectivity index (χ1) is 20.4. The molecule has 2 aromatic carbocycles. The predicted octanol–water partition coefficient (Wildman–Crippen LogP) is 4.88. The van der Waals surface area contributed by atoms with E-state index < -0.39 is 45.9 Å². The Morgan fingerprint density at radius 2 is 2.00 bits per heavy atom. The number of alkyl halides is 2. The van der Waals surface area contributed by atoms with Gasteiger partial charge in [0.25, 0.3) is 15.9 Å². The zero-order valence-electron chi connectivity index (χ0n) is 22.7. The minimum Gasteiger partial charge on any atom is -0.480 e. The number of halogens is 4. The molecule has 0 radical (unpaired) electrons. The summed E-state index contributed by atoms with van der Waals surface area (Å²) in [4.78, 5) is 22.7. The van der Waals surface area contributed by atoms with E-state index in [1.54, 1.807) is 36.4 Å². The molecule has 1 aromatic heterocycles. The summed E-state index contributed by atoms with van der Waals surface area (Å²) in [7, 11) is -2.88. The summed E-state index contributed by atoms with van der Waals surface area (Å²) in [6, 6.07) is 8.80. The van der Waals surface area contributed by atoms with E-state index in [4.69, 9.17) is 21.1 Å². The van der Waals surface area contributed by atoms with Crippen molar-refractivity contribution >= 4 is 45.2 Å². The second-order valence-corrected chi connectivity index (χ2v) is 12.6. The fourth-order valence-electron chi connectivity index (χ4n) is 4.84. The number of hydrogen-bond donors (Lipinski definition) is 2. The van der Waals surface area contributed by atoms with E-state index in [1.165, 1.54) is 13.3 Å². The molecular formula is C28H25ClF3N5O5S. The van der Waals surface area contributed by atoms with Gasteiger partial charge >= 0.3 is 0 Å². The molecule has 1 amide bonds. The van der Waals surface area contributed by atoms with Gasteiger partial charge in [0.15, 0.2) is 6.23 Å². The molecule has 1 saturated heterocycles. The maximum absolute atomic E-state index is 13.5. The van der Waals surface area contributed by atoms with Crippen molar-refractivity contribution in [2.45, 2.75) is 42.5 Å². The highest BCUT2D eigenvalue weighted by Gasteiger charge is 2.58. The number of amides is 1. The number of benzene rings is 2. The number of rotatable bonds is 9. The lowest BCUT2D eigenvalue weighted by molar-refractivity contribution is -0.125. The Labute approximate surface area is 249 Å². The Morgan fingerprint density at radius 3 is 2.70 bits per heavy atom. The zero-order valence-corrected chi connectivity index (χ0v) is 24.3. The molecule has 2 aliphatic heterocycles. The molecule has 3 aliphatic rings. The van der Waals surface area contributed by atoms with Crippen LogP contribution in [0, 0.1) is 11.7 Å². The van der Waals surface area contributed by atoms with Crippen LogP contribution < -0.4 is 14.8 Å². The summed E-state index contributed by atoms with van der Waals surface area (Å²) in [5, 5.41) is 2.10. The van der Waals surface area contributed by atoms with E-state index >= 15 is 0 Å². The number of carbonyl (C=O) groups excluding carboxylic acids is 1. The number of ether oxygens (including phenoxy) is 2. The molecule has 2 fully saturated rings. The fraction of sp³-hybridized carbons (Fsp3) is 0.321. The van der Waals surface area contributed by atoms with E-state index in [0.29, 0.717) is 16.8 Å². The molecule has 0 spiro atoms. The molecular weight excluding hydrogens is 611 g/mol. The van der Waals surface area contributed by atoms with Gasteiger partial charge in [-0.3, -0.25) is 9.52 Å². The number of hydrogen-bond acceptors (Lipinski definition) is 8. The lowest BCUT2D eigenvalue weighted by Gasteiger charge is -2.21. The normalized spacial score (nSPS) is 22.1. The number of aliphatic imine (C=N–C) groups is 1. The smallest absolute Gasteiger partial charge is 0.270 e. The summed E-state index contributed by atoms with van der Waals surface area (Å²) < 4.78 is 79.6. The monoisotopic (exact) mass is 635 g/mol. The number of nitrogens with one attached hydrogen (secondary N) is 2. The van der Waals surface area contributed by atoms with Crippen LogP contribution in [0.25, 0.3) is 11.1 Å². The first-order valence-electron chi connectivity index (χ1n) is 13.2. The minimum absolute atomic E-state index is 0.00899. The van der Waals surface area contributed by atoms with Crippen molar-refractivity contribution in [3.63, 3.8) is 0 Å². The number of fused-ring (bicyclic) bond motifs is 3. The van der Waals surface area contributed by atoms with Gasteiger partial charge in [0.2, 0.25) is 11.8 Å². The molecule has 15 heteroatoms. The average molecular weight is 636 g/mol. The van der Waals surface area contributed by atoms with Gasteiger partial charge in [-0.05, 0) is 42.0 Å². The molecule has 1 saturated carbocycles. The van der Waals surface area contributed by atoms with Crippen molar-refractivity contribution in [2.75, 3.05) is 18.4 Å². The molecule has 3 aromatic rings.